The summed E-state index contributed by atoms with van der Waals surface area (Å²) in [6, 6.07) is 5.30. The number of hydrogen-bond acceptors (Lipinski definition) is 3. The lowest BCUT2D eigenvalue weighted by Gasteiger charge is -2.17. The fourth-order valence-corrected chi connectivity index (χ4v) is 1.97. The van der Waals surface area contributed by atoms with Crippen molar-refractivity contribution in [3.63, 3.8) is 0 Å². The molecule has 0 fully saturated rings. The molecular weight excluding hydrogens is 261 g/mol. The molecule has 1 aliphatic heterocycles. The third kappa shape index (κ3) is 2.80. The van der Waals surface area contributed by atoms with Crippen LogP contribution in [-0.2, 0) is 4.84 Å². The maximum absolute atomic E-state index is 9.01. The molecule has 1 aliphatic rings. The molecule has 0 aliphatic carbocycles. The van der Waals surface area contributed by atoms with Crippen molar-refractivity contribution in [3.05, 3.63) is 46.1 Å². The van der Waals surface area contributed by atoms with E-state index in [0.717, 1.165) is 11.3 Å². The quantitative estimate of drug-likeness (QED) is 0.917. The molecule has 0 spiro atoms. The smallest absolute Gasteiger partial charge is 0.118 e. The van der Waals surface area contributed by atoms with E-state index in [1.807, 2.05) is 12.1 Å². The van der Waals surface area contributed by atoms with E-state index in [1.165, 1.54) is 6.26 Å². The van der Waals surface area contributed by atoms with Crippen molar-refractivity contribution < 1.29 is 9.94 Å². The Kier molecular flexibility index (Phi) is 4.05. The van der Waals surface area contributed by atoms with Crippen molar-refractivity contribution in [1.29, 1.82) is 0 Å². The zero-order valence-electron chi connectivity index (χ0n) is 8.94. The van der Waals surface area contributed by atoms with E-state index in [-0.39, 0.29) is 12.5 Å². The van der Waals surface area contributed by atoms with Crippen molar-refractivity contribution in [2.24, 2.45) is 11.1 Å². The van der Waals surface area contributed by atoms with E-state index in [1.54, 1.807) is 12.1 Å². The van der Waals surface area contributed by atoms with Crippen LogP contribution >= 0.6 is 23.2 Å². The van der Waals surface area contributed by atoms with Crippen LogP contribution < -0.4 is 0 Å². The molecule has 1 atom stereocenters. The summed E-state index contributed by atoms with van der Waals surface area (Å²) in [4.78, 5) is 4.93. The minimum atomic E-state index is 0.0333. The molecule has 0 saturated heterocycles. The van der Waals surface area contributed by atoms with Gasteiger partial charge in [0.1, 0.15) is 6.26 Å². The average molecular weight is 272 g/mol. The van der Waals surface area contributed by atoms with E-state index in [4.69, 9.17) is 33.1 Å². The molecule has 3 nitrogen and oxygen atoms in total. The van der Waals surface area contributed by atoms with Gasteiger partial charge in [0.25, 0.3) is 0 Å². The molecule has 0 amide bonds. The van der Waals surface area contributed by atoms with Crippen LogP contribution in [0.2, 0.25) is 10.0 Å². The Morgan fingerprint density at radius 3 is 2.82 bits per heavy atom. The predicted molar refractivity (Wildman–Crippen MR) is 68.4 cm³/mol. The molecule has 1 heterocycles. The SMILES string of the molecule is OCCC1C=CON=C1c1ccc(Cl)c(Cl)c1. The summed E-state index contributed by atoms with van der Waals surface area (Å²) >= 11 is 11.8. The fraction of sp³-hybridized carbons (Fsp3) is 0.250. The number of allylic oxidation sites excluding steroid dienone is 1. The van der Waals surface area contributed by atoms with E-state index >= 15 is 0 Å². The summed E-state index contributed by atoms with van der Waals surface area (Å²) in [5.74, 6) is 0.0333. The molecule has 0 radical (unpaired) electrons. The van der Waals surface area contributed by atoms with Gasteiger partial charge in [0.15, 0.2) is 0 Å². The van der Waals surface area contributed by atoms with E-state index in [0.29, 0.717) is 16.5 Å². The lowest BCUT2D eigenvalue weighted by molar-refractivity contribution is 0.246. The van der Waals surface area contributed by atoms with Crippen molar-refractivity contribution in [3.8, 4) is 0 Å². The van der Waals surface area contributed by atoms with Crippen LogP contribution in [0.15, 0.2) is 35.7 Å². The Hall–Kier alpha value is -1.03. The summed E-state index contributed by atoms with van der Waals surface area (Å²) in [5.41, 5.74) is 1.60. The highest BCUT2D eigenvalue weighted by Crippen LogP contribution is 2.26. The first-order valence-corrected chi connectivity index (χ1v) is 5.94. The maximum atomic E-state index is 9.01. The monoisotopic (exact) mass is 271 g/mol. The standard InChI is InChI=1S/C12H11Cl2NO2/c13-10-2-1-9(7-11(10)14)12-8(3-5-16)4-6-17-15-12/h1-2,4,6-8,16H,3,5H2. The lowest BCUT2D eigenvalue weighted by Crippen LogP contribution is -2.18. The van der Waals surface area contributed by atoms with Gasteiger partial charge >= 0.3 is 0 Å². The van der Waals surface area contributed by atoms with Gasteiger partial charge in [0.2, 0.25) is 0 Å². The van der Waals surface area contributed by atoms with Crippen LogP contribution in [0.25, 0.3) is 0 Å². The number of benzene rings is 1. The number of nitrogens with zero attached hydrogens (tertiary/aromatic N) is 1. The normalized spacial score (nSPS) is 18.8. The summed E-state index contributed by atoms with van der Waals surface area (Å²) in [6.07, 6.45) is 3.97. The largest absolute Gasteiger partial charge is 0.396 e. The minimum Gasteiger partial charge on any atom is -0.396 e. The highest BCUT2D eigenvalue weighted by atomic mass is 35.5. The van der Waals surface area contributed by atoms with Crippen LogP contribution in [-0.4, -0.2) is 17.4 Å². The Balaban J connectivity index is 2.31. The lowest BCUT2D eigenvalue weighted by atomic mass is 9.93. The first kappa shape index (κ1) is 12.4. The molecule has 1 N–H and O–H groups in total. The van der Waals surface area contributed by atoms with Crippen molar-refractivity contribution in [2.45, 2.75) is 6.42 Å². The van der Waals surface area contributed by atoms with Gasteiger partial charge in [-0.2, -0.15) is 0 Å². The molecule has 90 valence electrons. The number of halogens is 2. The molecule has 0 saturated carbocycles. The Morgan fingerprint density at radius 1 is 1.29 bits per heavy atom. The van der Waals surface area contributed by atoms with Crippen LogP contribution in [0.3, 0.4) is 0 Å². The Morgan fingerprint density at radius 2 is 2.12 bits per heavy atom. The fourth-order valence-electron chi connectivity index (χ4n) is 1.67. The second kappa shape index (κ2) is 5.54. The molecule has 2 rings (SSSR count). The van der Waals surface area contributed by atoms with Gasteiger partial charge in [0.05, 0.1) is 15.8 Å². The molecule has 17 heavy (non-hydrogen) atoms. The zero-order chi connectivity index (χ0) is 12.3. The van der Waals surface area contributed by atoms with Crippen molar-refractivity contribution >= 4 is 28.9 Å². The highest BCUT2D eigenvalue weighted by Gasteiger charge is 2.19. The van der Waals surface area contributed by atoms with Crippen molar-refractivity contribution in [1.82, 2.24) is 0 Å². The number of oxime groups is 1. The second-order valence-electron chi connectivity index (χ2n) is 3.66. The van der Waals surface area contributed by atoms with Gasteiger partial charge < -0.3 is 9.94 Å². The van der Waals surface area contributed by atoms with Gasteiger partial charge in [-0.25, -0.2) is 0 Å². The zero-order valence-corrected chi connectivity index (χ0v) is 10.4. The molecule has 1 unspecified atom stereocenters. The summed E-state index contributed by atoms with van der Waals surface area (Å²) in [5, 5.41) is 14.0. The van der Waals surface area contributed by atoms with E-state index in [9.17, 15) is 0 Å². The molecule has 1 aromatic rings. The highest BCUT2D eigenvalue weighted by molar-refractivity contribution is 6.42. The number of aliphatic hydroxyl groups is 1. The van der Waals surface area contributed by atoms with Crippen LogP contribution in [0.4, 0.5) is 0 Å². The summed E-state index contributed by atoms with van der Waals surface area (Å²) in [7, 11) is 0. The molecule has 0 aromatic heterocycles. The maximum Gasteiger partial charge on any atom is 0.118 e. The molecule has 5 heteroatoms. The Labute approximate surface area is 109 Å². The third-order valence-corrected chi connectivity index (χ3v) is 3.27. The topological polar surface area (TPSA) is 41.8 Å². The second-order valence-corrected chi connectivity index (χ2v) is 4.47. The molecular formula is C12H11Cl2NO2. The first-order valence-electron chi connectivity index (χ1n) is 5.19. The molecule has 0 bridgehead atoms. The summed E-state index contributed by atoms with van der Waals surface area (Å²) in [6.45, 7) is 0.0926. The van der Waals surface area contributed by atoms with Gasteiger partial charge in [0, 0.05) is 18.1 Å². The van der Waals surface area contributed by atoms with Gasteiger partial charge in [-0.3, -0.25) is 0 Å². The third-order valence-electron chi connectivity index (χ3n) is 2.53. The van der Waals surface area contributed by atoms with Crippen LogP contribution in [0.5, 0.6) is 0 Å². The van der Waals surface area contributed by atoms with E-state index in [2.05, 4.69) is 5.16 Å². The predicted octanol–water partition coefficient (Wildman–Crippen LogP) is 3.24. The van der Waals surface area contributed by atoms with E-state index < -0.39 is 0 Å². The van der Waals surface area contributed by atoms with Gasteiger partial charge in [-0.15, -0.1) is 0 Å². The number of hydrogen-bond donors (Lipinski definition) is 1. The van der Waals surface area contributed by atoms with Crippen LogP contribution in [0.1, 0.15) is 12.0 Å². The molecule has 1 aromatic carbocycles. The first-order chi connectivity index (χ1) is 8.22. The summed E-state index contributed by atoms with van der Waals surface area (Å²) < 4.78 is 0. The number of rotatable bonds is 3. The van der Waals surface area contributed by atoms with Crippen molar-refractivity contribution in [2.75, 3.05) is 6.61 Å². The van der Waals surface area contributed by atoms with Gasteiger partial charge in [-0.1, -0.05) is 34.4 Å². The average Bonchev–Trinajstić information content (AvgIpc) is 2.34. The number of aliphatic hydroxyl groups excluding tert-OH is 1. The minimum absolute atomic E-state index is 0.0333. The van der Waals surface area contributed by atoms with Gasteiger partial charge in [-0.05, 0) is 24.6 Å². The Bertz CT molecular complexity index is 472. The van der Waals surface area contributed by atoms with Crippen LogP contribution in [0, 0.1) is 5.92 Å².